The molecule has 0 spiro atoms. The van der Waals surface area contributed by atoms with E-state index < -0.39 is 10.0 Å². The molecule has 8 heteroatoms. The molecule has 2 aliphatic heterocycles. The fourth-order valence-electron chi connectivity index (χ4n) is 3.55. The Kier molecular flexibility index (Phi) is 2.71. The van der Waals surface area contributed by atoms with Crippen molar-refractivity contribution in [2.75, 3.05) is 11.4 Å². The highest BCUT2D eigenvalue weighted by Crippen LogP contribution is 2.41. The first-order chi connectivity index (χ1) is 9.98. The number of carbonyl (C=O) groups excluding carboxylic acids is 1. The summed E-state index contributed by atoms with van der Waals surface area (Å²) in [6, 6.07) is -0.251. The van der Waals surface area contributed by atoms with Gasteiger partial charge in [-0.1, -0.05) is 0 Å². The van der Waals surface area contributed by atoms with Crippen LogP contribution in [0.4, 0.5) is 5.69 Å². The van der Waals surface area contributed by atoms with Gasteiger partial charge < -0.3 is 4.90 Å². The Hall–Kier alpha value is -1.41. The SMILES string of the molecule is Cn1cc(N2C(=O)C[C@H]3[C@H]2CCN3S(=O)(=O)C2CC2)cn1. The zero-order valence-electron chi connectivity index (χ0n) is 11.8. The van der Waals surface area contributed by atoms with Crippen molar-refractivity contribution in [1.82, 2.24) is 14.1 Å². The van der Waals surface area contributed by atoms with Crippen LogP contribution in [0.2, 0.25) is 0 Å². The van der Waals surface area contributed by atoms with Gasteiger partial charge >= 0.3 is 0 Å². The van der Waals surface area contributed by atoms with Gasteiger partial charge in [-0.15, -0.1) is 0 Å². The second-order valence-corrected chi connectivity index (χ2v) is 8.28. The molecule has 1 aromatic rings. The fraction of sp³-hybridized carbons (Fsp3) is 0.692. The van der Waals surface area contributed by atoms with E-state index in [9.17, 15) is 13.2 Å². The molecule has 3 fully saturated rings. The smallest absolute Gasteiger partial charge is 0.229 e. The van der Waals surface area contributed by atoms with Gasteiger partial charge in [-0.2, -0.15) is 9.40 Å². The number of sulfonamides is 1. The third-order valence-corrected chi connectivity index (χ3v) is 7.11. The molecular formula is C13H18N4O3S. The molecule has 1 aliphatic carbocycles. The van der Waals surface area contributed by atoms with E-state index in [0.29, 0.717) is 13.0 Å². The highest BCUT2D eigenvalue weighted by atomic mass is 32.2. The van der Waals surface area contributed by atoms with Crippen LogP contribution in [0.25, 0.3) is 0 Å². The van der Waals surface area contributed by atoms with Gasteiger partial charge in [-0.05, 0) is 19.3 Å². The Morgan fingerprint density at radius 3 is 2.62 bits per heavy atom. The summed E-state index contributed by atoms with van der Waals surface area (Å²) >= 11 is 0. The van der Waals surface area contributed by atoms with Crippen molar-refractivity contribution >= 4 is 21.6 Å². The van der Waals surface area contributed by atoms with E-state index >= 15 is 0 Å². The van der Waals surface area contributed by atoms with Crippen molar-refractivity contribution in [2.24, 2.45) is 7.05 Å². The van der Waals surface area contributed by atoms with Crippen molar-refractivity contribution in [1.29, 1.82) is 0 Å². The molecular weight excluding hydrogens is 292 g/mol. The molecule has 0 radical (unpaired) electrons. The number of amides is 1. The number of rotatable bonds is 3. The summed E-state index contributed by atoms with van der Waals surface area (Å²) in [4.78, 5) is 14.1. The molecule has 1 aromatic heterocycles. The van der Waals surface area contributed by atoms with Crippen LogP contribution in [0.15, 0.2) is 12.4 Å². The average Bonchev–Trinajstić information content (AvgIpc) is 2.98. The van der Waals surface area contributed by atoms with Gasteiger partial charge in [-0.25, -0.2) is 8.42 Å². The second kappa shape index (κ2) is 4.30. The highest BCUT2D eigenvalue weighted by molar-refractivity contribution is 7.90. The molecule has 0 aromatic carbocycles. The molecule has 0 N–H and O–H groups in total. The summed E-state index contributed by atoms with van der Waals surface area (Å²) in [7, 11) is -1.40. The normalized spacial score (nSPS) is 30.1. The van der Waals surface area contributed by atoms with Crippen LogP contribution >= 0.6 is 0 Å². The lowest BCUT2D eigenvalue weighted by atomic mass is 10.1. The van der Waals surface area contributed by atoms with Crippen molar-refractivity contribution in [2.45, 2.75) is 43.0 Å². The first-order valence-electron chi connectivity index (χ1n) is 7.30. The van der Waals surface area contributed by atoms with Crippen LogP contribution in [0.3, 0.4) is 0 Å². The van der Waals surface area contributed by atoms with Gasteiger partial charge in [0, 0.05) is 26.2 Å². The summed E-state index contributed by atoms with van der Waals surface area (Å²) in [6.45, 7) is 0.526. The van der Waals surface area contributed by atoms with Crippen LogP contribution in [0.5, 0.6) is 0 Å². The van der Waals surface area contributed by atoms with E-state index in [1.165, 1.54) is 0 Å². The largest absolute Gasteiger partial charge is 0.305 e. The van der Waals surface area contributed by atoms with Gasteiger partial charge in [0.25, 0.3) is 0 Å². The van der Waals surface area contributed by atoms with Crippen molar-refractivity contribution in [3.63, 3.8) is 0 Å². The molecule has 1 amide bonds. The average molecular weight is 310 g/mol. The van der Waals surface area contributed by atoms with Crippen LogP contribution < -0.4 is 4.90 Å². The monoisotopic (exact) mass is 310 g/mol. The van der Waals surface area contributed by atoms with Crippen LogP contribution in [-0.4, -0.2) is 52.3 Å². The molecule has 114 valence electrons. The van der Waals surface area contributed by atoms with E-state index in [4.69, 9.17) is 0 Å². The van der Waals surface area contributed by atoms with Gasteiger partial charge in [0.2, 0.25) is 15.9 Å². The van der Waals surface area contributed by atoms with Crippen molar-refractivity contribution < 1.29 is 13.2 Å². The number of hydrogen-bond donors (Lipinski definition) is 0. The number of aryl methyl sites for hydroxylation is 1. The Bertz CT molecular complexity index is 694. The molecule has 0 bridgehead atoms. The topological polar surface area (TPSA) is 75.5 Å². The maximum atomic E-state index is 12.5. The Morgan fingerprint density at radius 2 is 2.00 bits per heavy atom. The van der Waals surface area contributed by atoms with Crippen molar-refractivity contribution in [3.8, 4) is 0 Å². The van der Waals surface area contributed by atoms with Gasteiger partial charge in [0.1, 0.15) is 0 Å². The minimum absolute atomic E-state index is 0.00584. The third kappa shape index (κ3) is 1.92. The van der Waals surface area contributed by atoms with E-state index in [1.807, 2.05) is 0 Å². The number of aromatic nitrogens is 2. The van der Waals surface area contributed by atoms with E-state index in [-0.39, 0.29) is 29.7 Å². The predicted molar refractivity (Wildman–Crippen MR) is 76.2 cm³/mol. The first-order valence-corrected chi connectivity index (χ1v) is 8.80. The molecule has 3 aliphatic rings. The maximum absolute atomic E-state index is 12.5. The number of nitrogens with zero attached hydrogens (tertiary/aromatic N) is 4. The highest BCUT2D eigenvalue weighted by Gasteiger charge is 2.54. The Labute approximate surface area is 123 Å². The summed E-state index contributed by atoms with van der Waals surface area (Å²) in [5.74, 6) is -0.00584. The molecule has 21 heavy (non-hydrogen) atoms. The van der Waals surface area contributed by atoms with Gasteiger partial charge in [-0.3, -0.25) is 9.48 Å². The molecule has 3 heterocycles. The first kappa shape index (κ1) is 13.3. The van der Waals surface area contributed by atoms with Crippen LogP contribution in [0.1, 0.15) is 25.7 Å². The minimum atomic E-state index is -3.21. The fourth-order valence-corrected chi connectivity index (χ4v) is 5.62. The summed E-state index contributed by atoms with van der Waals surface area (Å²) in [5, 5.41) is 3.90. The van der Waals surface area contributed by atoms with Crippen molar-refractivity contribution in [3.05, 3.63) is 12.4 Å². The molecule has 2 atom stereocenters. The van der Waals surface area contributed by atoms with Crippen LogP contribution in [-0.2, 0) is 21.9 Å². The maximum Gasteiger partial charge on any atom is 0.229 e. The molecule has 1 saturated carbocycles. The van der Waals surface area contributed by atoms with Crippen LogP contribution in [0, 0.1) is 0 Å². The summed E-state index contributed by atoms with van der Waals surface area (Å²) < 4.78 is 28.2. The lowest BCUT2D eigenvalue weighted by molar-refractivity contribution is -0.117. The molecule has 2 saturated heterocycles. The summed E-state index contributed by atoms with van der Waals surface area (Å²) in [6.07, 6.45) is 5.98. The second-order valence-electron chi connectivity index (χ2n) is 6.12. The predicted octanol–water partition coefficient (Wildman–Crippen LogP) is 0.0919. The van der Waals surface area contributed by atoms with Gasteiger partial charge in [0.05, 0.1) is 29.2 Å². The quantitative estimate of drug-likeness (QED) is 0.793. The lowest BCUT2D eigenvalue weighted by Crippen LogP contribution is -2.41. The molecule has 7 nitrogen and oxygen atoms in total. The number of carbonyl (C=O) groups is 1. The zero-order chi connectivity index (χ0) is 14.8. The Morgan fingerprint density at radius 1 is 1.24 bits per heavy atom. The van der Waals surface area contributed by atoms with E-state index in [1.54, 1.807) is 33.3 Å². The number of anilines is 1. The standard InChI is InChI=1S/C13H18N4O3S/c1-15-8-9(7-14-15)17-11-4-5-16(12(11)6-13(17)18)21(19,20)10-2-3-10/h7-8,10-12H,2-6H2,1H3/t11-,12+/m1/s1. The minimum Gasteiger partial charge on any atom is -0.305 e. The number of fused-ring (bicyclic) bond motifs is 1. The van der Waals surface area contributed by atoms with E-state index in [0.717, 1.165) is 18.5 Å². The molecule has 4 rings (SSSR count). The van der Waals surface area contributed by atoms with Gasteiger partial charge in [0.15, 0.2) is 0 Å². The third-order valence-electron chi connectivity index (χ3n) is 4.69. The zero-order valence-corrected chi connectivity index (χ0v) is 12.7. The Balaban J connectivity index is 1.64. The van der Waals surface area contributed by atoms with E-state index in [2.05, 4.69) is 5.10 Å². The summed E-state index contributed by atoms with van der Waals surface area (Å²) in [5.41, 5.74) is 0.765. The lowest BCUT2D eigenvalue weighted by Gasteiger charge is -2.24. The number of hydrogen-bond acceptors (Lipinski definition) is 4. The molecule has 0 unspecified atom stereocenters.